The van der Waals surface area contributed by atoms with Crippen molar-refractivity contribution in [2.75, 3.05) is 13.2 Å². The summed E-state index contributed by atoms with van der Waals surface area (Å²) in [4.78, 5) is 0. The van der Waals surface area contributed by atoms with Crippen LogP contribution in [-0.4, -0.2) is 46.8 Å². The fourth-order valence-electron chi connectivity index (χ4n) is 0.769. The molecular formula is C8H18O4. The Morgan fingerprint density at radius 2 is 1.83 bits per heavy atom. The molecule has 0 aromatic heterocycles. The van der Waals surface area contributed by atoms with Crippen molar-refractivity contribution in [3.8, 4) is 0 Å². The van der Waals surface area contributed by atoms with Gasteiger partial charge in [0, 0.05) is 6.61 Å². The van der Waals surface area contributed by atoms with E-state index in [1.54, 1.807) is 0 Å². The molecule has 0 aliphatic rings. The molecule has 0 amide bonds. The highest BCUT2D eigenvalue weighted by atomic mass is 16.5. The van der Waals surface area contributed by atoms with Gasteiger partial charge in [0.25, 0.3) is 0 Å². The number of aliphatic hydroxyl groups excluding tert-OH is 3. The number of hydrogen-bond acceptors (Lipinski definition) is 4. The van der Waals surface area contributed by atoms with Crippen molar-refractivity contribution in [1.82, 2.24) is 0 Å². The van der Waals surface area contributed by atoms with E-state index in [4.69, 9.17) is 14.9 Å². The topological polar surface area (TPSA) is 69.9 Å². The third-order valence-corrected chi connectivity index (χ3v) is 1.53. The van der Waals surface area contributed by atoms with E-state index in [1.807, 2.05) is 6.92 Å². The van der Waals surface area contributed by atoms with Crippen molar-refractivity contribution < 1.29 is 20.1 Å². The highest BCUT2D eigenvalue weighted by Gasteiger charge is 2.20. The van der Waals surface area contributed by atoms with Gasteiger partial charge in [-0.3, -0.25) is 0 Å². The zero-order valence-corrected chi connectivity index (χ0v) is 7.60. The molecule has 0 aromatic rings. The van der Waals surface area contributed by atoms with Gasteiger partial charge in [0.1, 0.15) is 12.2 Å². The second-order valence-corrected chi connectivity index (χ2v) is 2.87. The van der Waals surface area contributed by atoms with E-state index in [2.05, 4.69) is 0 Å². The number of hydrogen-bond donors (Lipinski definition) is 3. The van der Waals surface area contributed by atoms with Crippen molar-refractivity contribution >= 4 is 0 Å². The quantitative estimate of drug-likeness (QED) is 0.480. The fourth-order valence-corrected chi connectivity index (χ4v) is 0.769. The highest BCUT2D eigenvalue weighted by Crippen LogP contribution is 2.00. The zero-order chi connectivity index (χ0) is 9.56. The van der Waals surface area contributed by atoms with Crippen LogP contribution in [0, 0.1) is 0 Å². The van der Waals surface area contributed by atoms with Gasteiger partial charge in [-0.15, -0.1) is 0 Å². The lowest BCUT2D eigenvalue weighted by atomic mass is 10.1. The Balaban J connectivity index is 3.49. The van der Waals surface area contributed by atoms with Gasteiger partial charge in [0.15, 0.2) is 0 Å². The predicted molar refractivity (Wildman–Crippen MR) is 44.8 cm³/mol. The maximum absolute atomic E-state index is 9.18. The van der Waals surface area contributed by atoms with Crippen molar-refractivity contribution in [3.05, 3.63) is 0 Å². The minimum atomic E-state index is -1.12. The number of ether oxygens (including phenoxy) is 1. The number of aliphatic hydroxyl groups is 3. The third kappa shape index (κ3) is 4.66. The fraction of sp³-hybridized carbons (Fsp3) is 1.00. The van der Waals surface area contributed by atoms with Crippen molar-refractivity contribution in [1.29, 1.82) is 0 Å². The molecule has 74 valence electrons. The minimum Gasteiger partial charge on any atom is -0.391 e. The Morgan fingerprint density at radius 3 is 2.25 bits per heavy atom. The molecule has 0 aliphatic heterocycles. The lowest BCUT2D eigenvalue weighted by Crippen LogP contribution is -2.38. The molecule has 4 nitrogen and oxygen atoms in total. The van der Waals surface area contributed by atoms with Crippen LogP contribution in [0.4, 0.5) is 0 Å². The summed E-state index contributed by atoms with van der Waals surface area (Å²) in [5, 5.41) is 27.2. The second-order valence-electron chi connectivity index (χ2n) is 2.87. The van der Waals surface area contributed by atoms with Gasteiger partial charge in [-0.2, -0.15) is 0 Å². The van der Waals surface area contributed by atoms with Gasteiger partial charge in [-0.05, 0) is 13.3 Å². The summed E-state index contributed by atoms with van der Waals surface area (Å²) in [5.41, 5.74) is 0. The van der Waals surface area contributed by atoms with Crippen LogP contribution in [0.15, 0.2) is 0 Å². The van der Waals surface area contributed by atoms with Crippen LogP contribution >= 0.6 is 0 Å². The summed E-state index contributed by atoms with van der Waals surface area (Å²) >= 11 is 0. The zero-order valence-electron chi connectivity index (χ0n) is 7.60. The molecule has 0 aromatic carbocycles. The molecule has 0 fully saturated rings. The normalized spacial score (nSPS) is 18.8. The van der Waals surface area contributed by atoms with E-state index in [1.165, 1.54) is 6.92 Å². The van der Waals surface area contributed by atoms with Gasteiger partial charge in [-0.25, -0.2) is 0 Å². The molecule has 4 heteroatoms. The lowest BCUT2D eigenvalue weighted by molar-refractivity contribution is -0.0824. The average Bonchev–Trinajstić information content (AvgIpc) is 2.03. The second kappa shape index (κ2) is 6.37. The van der Waals surface area contributed by atoms with Crippen molar-refractivity contribution in [3.63, 3.8) is 0 Å². The molecule has 3 unspecified atom stereocenters. The number of rotatable bonds is 6. The van der Waals surface area contributed by atoms with E-state index in [0.717, 1.165) is 6.42 Å². The molecule has 0 rings (SSSR count). The lowest BCUT2D eigenvalue weighted by Gasteiger charge is -2.19. The summed E-state index contributed by atoms with van der Waals surface area (Å²) in [7, 11) is 0. The van der Waals surface area contributed by atoms with Crippen LogP contribution in [0.2, 0.25) is 0 Å². The molecule has 3 atom stereocenters. The Morgan fingerprint density at radius 1 is 1.25 bits per heavy atom. The molecule has 3 N–H and O–H groups in total. The van der Waals surface area contributed by atoms with Gasteiger partial charge in [0.05, 0.1) is 12.7 Å². The molecule has 0 bridgehead atoms. The summed E-state index contributed by atoms with van der Waals surface area (Å²) in [5.74, 6) is 0. The summed E-state index contributed by atoms with van der Waals surface area (Å²) in [6.07, 6.45) is -2.18. The summed E-state index contributed by atoms with van der Waals surface area (Å²) < 4.78 is 4.99. The third-order valence-electron chi connectivity index (χ3n) is 1.53. The maximum atomic E-state index is 9.18. The first-order valence-corrected chi connectivity index (χ1v) is 4.21. The smallest absolute Gasteiger partial charge is 0.108 e. The molecule has 0 saturated carbocycles. The first-order chi connectivity index (χ1) is 5.59. The van der Waals surface area contributed by atoms with E-state index in [-0.39, 0.29) is 6.61 Å². The SMILES string of the molecule is CCCOCC(O)C(O)C(C)O. The molecule has 0 heterocycles. The van der Waals surface area contributed by atoms with Crippen LogP contribution < -0.4 is 0 Å². The van der Waals surface area contributed by atoms with Gasteiger partial charge >= 0.3 is 0 Å². The standard InChI is InChI=1S/C8H18O4/c1-3-4-12-5-7(10)8(11)6(2)9/h6-11H,3-5H2,1-2H3. The monoisotopic (exact) mass is 178 g/mol. The Hall–Kier alpha value is -0.160. The van der Waals surface area contributed by atoms with E-state index >= 15 is 0 Å². The van der Waals surface area contributed by atoms with Crippen molar-refractivity contribution in [2.45, 2.75) is 38.6 Å². The first-order valence-electron chi connectivity index (χ1n) is 4.21. The Bertz CT molecular complexity index is 105. The Labute approximate surface area is 72.8 Å². The molecule has 0 saturated heterocycles. The summed E-state index contributed by atoms with van der Waals surface area (Å²) in [6.45, 7) is 4.01. The largest absolute Gasteiger partial charge is 0.391 e. The molecule has 0 radical (unpaired) electrons. The summed E-state index contributed by atoms with van der Waals surface area (Å²) in [6, 6.07) is 0. The van der Waals surface area contributed by atoms with E-state index < -0.39 is 18.3 Å². The van der Waals surface area contributed by atoms with Gasteiger partial charge < -0.3 is 20.1 Å². The van der Waals surface area contributed by atoms with Crippen LogP contribution in [0.1, 0.15) is 20.3 Å². The van der Waals surface area contributed by atoms with E-state index in [0.29, 0.717) is 6.61 Å². The molecule has 12 heavy (non-hydrogen) atoms. The van der Waals surface area contributed by atoms with Gasteiger partial charge in [-0.1, -0.05) is 6.92 Å². The maximum Gasteiger partial charge on any atom is 0.108 e. The highest BCUT2D eigenvalue weighted by molar-refractivity contribution is 4.71. The van der Waals surface area contributed by atoms with E-state index in [9.17, 15) is 5.11 Å². The molecule has 0 aliphatic carbocycles. The average molecular weight is 178 g/mol. The van der Waals surface area contributed by atoms with Gasteiger partial charge in [0.2, 0.25) is 0 Å². The predicted octanol–water partition coefficient (Wildman–Crippen LogP) is -0.484. The van der Waals surface area contributed by atoms with Crippen LogP contribution in [0.3, 0.4) is 0 Å². The van der Waals surface area contributed by atoms with Crippen LogP contribution in [0.25, 0.3) is 0 Å². The first kappa shape index (κ1) is 11.8. The van der Waals surface area contributed by atoms with Crippen LogP contribution in [-0.2, 0) is 4.74 Å². The Kier molecular flexibility index (Phi) is 6.28. The minimum absolute atomic E-state index is 0.0694. The molecule has 0 spiro atoms. The molecular weight excluding hydrogens is 160 g/mol. The van der Waals surface area contributed by atoms with Crippen LogP contribution in [0.5, 0.6) is 0 Å². The van der Waals surface area contributed by atoms with Crippen molar-refractivity contribution in [2.24, 2.45) is 0 Å².